The van der Waals surface area contributed by atoms with Gasteiger partial charge in [0, 0.05) is 11.6 Å². The first-order chi connectivity index (χ1) is 8.69. The third-order valence-electron chi connectivity index (χ3n) is 4.48. The molecule has 0 amide bonds. The number of nitrogens with two attached hydrogens (primary N) is 1. The molecule has 18 heavy (non-hydrogen) atoms. The summed E-state index contributed by atoms with van der Waals surface area (Å²) in [6, 6.07) is 2.55. The standard InChI is InChI=1S/C14H25N3S/c1-17(2)14(7-4-3-5-8-14)13(16-15)10-12-6-9-18-11-12/h6,9,11,13,16H,3-5,7-8,10,15H2,1-2H3. The van der Waals surface area contributed by atoms with Crippen LogP contribution in [0.25, 0.3) is 0 Å². The predicted molar refractivity (Wildman–Crippen MR) is 78.6 cm³/mol. The minimum atomic E-state index is 0.217. The van der Waals surface area contributed by atoms with E-state index in [1.165, 1.54) is 37.7 Å². The van der Waals surface area contributed by atoms with Gasteiger partial charge in [-0.2, -0.15) is 11.3 Å². The van der Waals surface area contributed by atoms with Crippen molar-refractivity contribution in [2.45, 2.75) is 50.1 Å². The fourth-order valence-corrected chi connectivity index (χ4v) is 4.00. The second kappa shape index (κ2) is 6.15. The van der Waals surface area contributed by atoms with E-state index in [-0.39, 0.29) is 5.54 Å². The van der Waals surface area contributed by atoms with Gasteiger partial charge in [-0.1, -0.05) is 19.3 Å². The number of rotatable bonds is 5. The lowest BCUT2D eigenvalue weighted by molar-refractivity contribution is 0.0569. The summed E-state index contributed by atoms with van der Waals surface area (Å²) >= 11 is 1.76. The molecule has 3 N–H and O–H groups in total. The van der Waals surface area contributed by atoms with Gasteiger partial charge in [-0.3, -0.25) is 11.3 Å². The summed E-state index contributed by atoms with van der Waals surface area (Å²) in [5.41, 5.74) is 4.71. The maximum absolute atomic E-state index is 5.87. The van der Waals surface area contributed by atoms with Crippen LogP contribution in [0.4, 0.5) is 0 Å². The van der Waals surface area contributed by atoms with Crippen LogP contribution in [0.1, 0.15) is 37.7 Å². The molecule has 0 saturated heterocycles. The van der Waals surface area contributed by atoms with Crippen LogP contribution in [0, 0.1) is 0 Å². The SMILES string of the molecule is CN(C)C1(C(Cc2ccsc2)NN)CCCCC1. The first-order valence-corrected chi connectivity index (χ1v) is 7.78. The Bertz CT molecular complexity index is 342. The molecule has 1 aromatic rings. The van der Waals surface area contributed by atoms with E-state index in [4.69, 9.17) is 5.84 Å². The molecule has 0 spiro atoms. The minimum Gasteiger partial charge on any atom is -0.302 e. The maximum atomic E-state index is 5.87. The highest BCUT2D eigenvalue weighted by Gasteiger charge is 2.41. The molecule has 102 valence electrons. The number of nitrogens with zero attached hydrogens (tertiary/aromatic N) is 1. The molecule has 3 nitrogen and oxygen atoms in total. The Labute approximate surface area is 114 Å². The maximum Gasteiger partial charge on any atom is 0.0435 e. The van der Waals surface area contributed by atoms with Crippen LogP contribution < -0.4 is 11.3 Å². The topological polar surface area (TPSA) is 41.3 Å². The predicted octanol–water partition coefficient (Wildman–Crippen LogP) is 2.39. The van der Waals surface area contributed by atoms with Gasteiger partial charge in [0.1, 0.15) is 0 Å². The van der Waals surface area contributed by atoms with Crippen LogP contribution in [-0.4, -0.2) is 30.6 Å². The number of hydrogen-bond acceptors (Lipinski definition) is 4. The van der Waals surface area contributed by atoms with E-state index in [9.17, 15) is 0 Å². The molecule has 1 aliphatic rings. The zero-order valence-electron chi connectivity index (χ0n) is 11.5. The van der Waals surface area contributed by atoms with Crippen LogP contribution >= 0.6 is 11.3 Å². The van der Waals surface area contributed by atoms with Crippen molar-refractivity contribution in [3.63, 3.8) is 0 Å². The molecule has 1 fully saturated rings. The fraction of sp³-hybridized carbons (Fsp3) is 0.714. The van der Waals surface area contributed by atoms with Crippen LogP contribution in [0.5, 0.6) is 0 Å². The number of thiophene rings is 1. The van der Waals surface area contributed by atoms with Crippen molar-refractivity contribution in [2.24, 2.45) is 5.84 Å². The molecule has 2 rings (SSSR count). The van der Waals surface area contributed by atoms with Crippen LogP contribution in [0.2, 0.25) is 0 Å². The Morgan fingerprint density at radius 3 is 2.61 bits per heavy atom. The highest BCUT2D eigenvalue weighted by molar-refractivity contribution is 7.07. The van der Waals surface area contributed by atoms with Crippen LogP contribution in [0.3, 0.4) is 0 Å². The lowest BCUT2D eigenvalue weighted by atomic mass is 9.74. The van der Waals surface area contributed by atoms with Gasteiger partial charge in [0.15, 0.2) is 0 Å². The molecule has 1 heterocycles. The van der Waals surface area contributed by atoms with Gasteiger partial charge < -0.3 is 4.90 Å². The van der Waals surface area contributed by atoms with E-state index in [0.717, 1.165) is 6.42 Å². The summed E-state index contributed by atoms with van der Waals surface area (Å²) in [5.74, 6) is 5.87. The molecule has 0 aliphatic heterocycles. The smallest absolute Gasteiger partial charge is 0.0435 e. The quantitative estimate of drug-likeness (QED) is 0.636. The van der Waals surface area contributed by atoms with Crippen LogP contribution in [-0.2, 0) is 6.42 Å². The van der Waals surface area contributed by atoms with Gasteiger partial charge in [-0.05, 0) is 55.7 Å². The summed E-state index contributed by atoms with van der Waals surface area (Å²) in [6.45, 7) is 0. The van der Waals surface area contributed by atoms with Gasteiger partial charge in [-0.15, -0.1) is 0 Å². The third kappa shape index (κ3) is 2.77. The third-order valence-corrected chi connectivity index (χ3v) is 5.21. The average molecular weight is 267 g/mol. The monoisotopic (exact) mass is 267 g/mol. The fourth-order valence-electron chi connectivity index (χ4n) is 3.32. The Hall–Kier alpha value is -0.420. The van der Waals surface area contributed by atoms with E-state index in [0.29, 0.717) is 6.04 Å². The molecule has 1 atom stereocenters. The van der Waals surface area contributed by atoms with Crippen molar-refractivity contribution in [2.75, 3.05) is 14.1 Å². The average Bonchev–Trinajstić information content (AvgIpc) is 2.89. The first-order valence-electron chi connectivity index (χ1n) is 6.84. The number of hydrazine groups is 1. The van der Waals surface area contributed by atoms with Crippen molar-refractivity contribution in [3.8, 4) is 0 Å². The van der Waals surface area contributed by atoms with Gasteiger partial charge in [-0.25, -0.2) is 0 Å². The molecule has 1 unspecified atom stereocenters. The summed E-state index contributed by atoms with van der Waals surface area (Å²) in [5, 5.41) is 4.38. The zero-order chi connectivity index (χ0) is 13.0. The van der Waals surface area contributed by atoms with E-state index < -0.39 is 0 Å². The second-order valence-electron chi connectivity index (χ2n) is 5.61. The molecule has 1 saturated carbocycles. The second-order valence-corrected chi connectivity index (χ2v) is 6.39. The highest BCUT2D eigenvalue weighted by Crippen LogP contribution is 2.36. The Balaban J connectivity index is 2.16. The largest absolute Gasteiger partial charge is 0.302 e. The summed E-state index contributed by atoms with van der Waals surface area (Å²) < 4.78 is 0. The summed E-state index contributed by atoms with van der Waals surface area (Å²) in [7, 11) is 4.40. The molecule has 0 radical (unpaired) electrons. The van der Waals surface area contributed by atoms with Gasteiger partial charge >= 0.3 is 0 Å². The molecular formula is C14H25N3S. The summed E-state index contributed by atoms with van der Waals surface area (Å²) in [4.78, 5) is 2.39. The van der Waals surface area contributed by atoms with Gasteiger partial charge in [0.25, 0.3) is 0 Å². The molecule has 4 heteroatoms. The lowest BCUT2D eigenvalue weighted by Crippen LogP contribution is -2.62. The normalized spacial score (nSPS) is 21.1. The molecule has 0 bridgehead atoms. The first kappa shape index (κ1) is 14.0. The highest BCUT2D eigenvalue weighted by atomic mass is 32.1. The van der Waals surface area contributed by atoms with Crippen molar-refractivity contribution in [1.82, 2.24) is 10.3 Å². The Kier molecular flexibility index (Phi) is 4.78. The number of hydrogen-bond donors (Lipinski definition) is 2. The zero-order valence-corrected chi connectivity index (χ0v) is 12.3. The van der Waals surface area contributed by atoms with E-state index in [2.05, 4.69) is 41.2 Å². The van der Waals surface area contributed by atoms with E-state index >= 15 is 0 Å². The van der Waals surface area contributed by atoms with Gasteiger partial charge in [0.05, 0.1) is 0 Å². The molecular weight excluding hydrogens is 242 g/mol. The lowest BCUT2D eigenvalue weighted by Gasteiger charge is -2.48. The molecule has 0 aromatic carbocycles. The Morgan fingerprint density at radius 1 is 1.39 bits per heavy atom. The van der Waals surface area contributed by atoms with E-state index in [1.807, 2.05) is 0 Å². The minimum absolute atomic E-state index is 0.217. The van der Waals surface area contributed by atoms with Crippen molar-refractivity contribution >= 4 is 11.3 Å². The van der Waals surface area contributed by atoms with Crippen LogP contribution in [0.15, 0.2) is 16.8 Å². The number of likely N-dealkylation sites (N-methyl/N-ethyl adjacent to an activating group) is 1. The Morgan fingerprint density at radius 2 is 2.11 bits per heavy atom. The summed E-state index contributed by atoms with van der Waals surface area (Å²) in [6.07, 6.45) is 7.53. The van der Waals surface area contributed by atoms with Gasteiger partial charge in [0.2, 0.25) is 0 Å². The van der Waals surface area contributed by atoms with Crippen molar-refractivity contribution in [1.29, 1.82) is 0 Å². The molecule has 1 aliphatic carbocycles. The van der Waals surface area contributed by atoms with Crippen molar-refractivity contribution < 1.29 is 0 Å². The molecule has 1 aromatic heterocycles. The number of nitrogens with one attached hydrogen (secondary N) is 1. The van der Waals surface area contributed by atoms with E-state index in [1.54, 1.807) is 11.3 Å². The van der Waals surface area contributed by atoms with Crippen molar-refractivity contribution in [3.05, 3.63) is 22.4 Å².